The van der Waals surface area contributed by atoms with Crippen LogP contribution in [0.4, 0.5) is 10.5 Å². The van der Waals surface area contributed by atoms with Gasteiger partial charge in [-0.15, -0.1) is 11.3 Å². The van der Waals surface area contributed by atoms with Crippen molar-refractivity contribution in [2.75, 3.05) is 31.6 Å². The third kappa shape index (κ3) is 8.76. The number of morpholine rings is 1. The molecule has 1 aliphatic rings. The van der Waals surface area contributed by atoms with Gasteiger partial charge in [0.05, 0.1) is 29.5 Å². The van der Waals surface area contributed by atoms with Crippen molar-refractivity contribution in [2.45, 2.75) is 45.2 Å². The average Bonchev–Trinajstić information content (AvgIpc) is 3.51. The molecule has 1 aliphatic heterocycles. The lowest BCUT2D eigenvalue weighted by molar-refractivity contribution is -0.123. The number of rotatable bonds is 12. The van der Waals surface area contributed by atoms with E-state index in [0.717, 1.165) is 5.56 Å². The number of nitrogens with one attached hydrogen (secondary N) is 3. The minimum atomic E-state index is -0.871. The highest BCUT2D eigenvalue weighted by molar-refractivity contribution is 7.20. The Bertz CT molecular complexity index is 1650. The lowest BCUT2D eigenvalue weighted by atomic mass is 9.99. The first-order valence-corrected chi connectivity index (χ1v) is 16.4. The van der Waals surface area contributed by atoms with Gasteiger partial charge in [0.25, 0.3) is 5.91 Å². The van der Waals surface area contributed by atoms with Crippen molar-refractivity contribution >= 4 is 50.9 Å². The number of carbonyl (C=O) groups excluding carboxylic acids is 4. The molecule has 11 heteroatoms. The van der Waals surface area contributed by atoms with E-state index in [0.29, 0.717) is 67.0 Å². The van der Waals surface area contributed by atoms with E-state index in [1.807, 2.05) is 74.5 Å². The summed E-state index contributed by atoms with van der Waals surface area (Å²) in [4.78, 5) is 59.8. The lowest BCUT2D eigenvalue weighted by Gasteiger charge is -2.30. The van der Waals surface area contributed by atoms with Gasteiger partial charge in [0.2, 0.25) is 11.7 Å². The molecule has 0 spiro atoms. The van der Waals surface area contributed by atoms with Crippen LogP contribution >= 0.6 is 11.3 Å². The zero-order valence-electron chi connectivity index (χ0n) is 26.0. The smallest absolute Gasteiger partial charge is 0.318 e. The largest absolute Gasteiger partial charge is 0.378 e. The Hall–Kier alpha value is -4.61. The van der Waals surface area contributed by atoms with Gasteiger partial charge in [-0.3, -0.25) is 14.4 Å². The van der Waals surface area contributed by atoms with Gasteiger partial charge in [-0.05, 0) is 61.1 Å². The normalized spacial score (nSPS) is 14.5. The molecule has 3 N–H and O–H groups in total. The summed E-state index contributed by atoms with van der Waals surface area (Å²) in [6.45, 7) is 5.77. The van der Waals surface area contributed by atoms with Crippen LogP contribution in [-0.4, -0.2) is 71.9 Å². The minimum absolute atomic E-state index is 0.122. The Labute approximate surface area is 272 Å². The fourth-order valence-corrected chi connectivity index (χ4v) is 6.25. The van der Waals surface area contributed by atoms with Crippen LogP contribution in [0.1, 0.15) is 52.4 Å². The Morgan fingerprint density at radius 1 is 0.891 bits per heavy atom. The third-order valence-corrected chi connectivity index (χ3v) is 8.74. The first kappa shape index (κ1) is 32.8. The molecule has 0 bridgehead atoms. The molecule has 1 saturated heterocycles. The van der Waals surface area contributed by atoms with Crippen molar-refractivity contribution in [1.29, 1.82) is 0 Å². The van der Waals surface area contributed by atoms with Crippen LogP contribution in [0, 0.1) is 5.92 Å². The van der Waals surface area contributed by atoms with Gasteiger partial charge in [0, 0.05) is 24.3 Å². The van der Waals surface area contributed by atoms with Gasteiger partial charge in [-0.25, -0.2) is 9.78 Å². The maximum Gasteiger partial charge on any atom is 0.318 e. The van der Waals surface area contributed by atoms with Crippen LogP contribution in [0.15, 0.2) is 78.9 Å². The van der Waals surface area contributed by atoms with Crippen LogP contribution in [0.3, 0.4) is 0 Å². The van der Waals surface area contributed by atoms with Gasteiger partial charge in [-0.1, -0.05) is 62.4 Å². The fourth-order valence-electron chi connectivity index (χ4n) is 5.25. The van der Waals surface area contributed by atoms with Crippen molar-refractivity contribution in [3.63, 3.8) is 0 Å². The molecule has 4 aromatic rings. The minimum Gasteiger partial charge on any atom is -0.378 e. The first-order valence-electron chi connectivity index (χ1n) is 15.6. The van der Waals surface area contributed by atoms with Gasteiger partial charge < -0.3 is 25.6 Å². The van der Waals surface area contributed by atoms with Gasteiger partial charge in [0.15, 0.2) is 5.01 Å². The summed E-state index contributed by atoms with van der Waals surface area (Å²) in [6.07, 6.45) is 1.32. The highest BCUT2D eigenvalue weighted by Gasteiger charge is 2.31. The van der Waals surface area contributed by atoms with E-state index in [4.69, 9.17) is 4.74 Å². The maximum absolute atomic E-state index is 14.0. The highest BCUT2D eigenvalue weighted by Crippen LogP contribution is 2.26. The summed E-state index contributed by atoms with van der Waals surface area (Å²) in [7, 11) is 0. The molecule has 1 aromatic heterocycles. The number of hydrogen-bond donors (Lipinski definition) is 3. The van der Waals surface area contributed by atoms with E-state index in [1.165, 1.54) is 11.3 Å². The standard InChI is InChI=1S/C35H39N5O5S/c1-23(2)21-29(39-35(44)40-17-19-45-20-18-40)33(43)37-28(15-13-24-9-5-3-6-10-24)31(41)34-38-27-16-14-25(22-30(27)46-34)32(42)36-26-11-7-4-8-12-26/h3-12,14,16,22-23,28-29H,13,15,17-21H2,1-2H3,(H,36,42)(H,37,43)(H,39,44)/t28-,29?/m0/s1. The summed E-state index contributed by atoms with van der Waals surface area (Å²) >= 11 is 1.19. The average molecular weight is 642 g/mol. The van der Waals surface area contributed by atoms with E-state index in [1.54, 1.807) is 23.1 Å². The molecule has 2 heterocycles. The third-order valence-electron chi connectivity index (χ3n) is 7.71. The quantitative estimate of drug-likeness (QED) is 0.180. The number of ketones is 1. The second kappa shape index (κ2) is 15.6. The molecular formula is C35H39N5O5S. The molecule has 2 atom stereocenters. The number of ether oxygens (including phenoxy) is 1. The van der Waals surface area contributed by atoms with Crippen molar-refractivity contribution < 1.29 is 23.9 Å². The predicted octanol–water partition coefficient (Wildman–Crippen LogP) is 5.31. The van der Waals surface area contributed by atoms with Crippen LogP contribution in [0.25, 0.3) is 10.2 Å². The molecule has 5 rings (SSSR count). The van der Waals surface area contributed by atoms with E-state index in [2.05, 4.69) is 20.9 Å². The Morgan fingerprint density at radius 2 is 1.59 bits per heavy atom. The zero-order valence-corrected chi connectivity index (χ0v) is 26.8. The molecule has 240 valence electrons. The van der Waals surface area contributed by atoms with E-state index < -0.39 is 18.0 Å². The molecule has 4 amide bonds. The van der Waals surface area contributed by atoms with Crippen molar-refractivity contribution in [3.8, 4) is 0 Å². The maximum atomic E-state index is 14.0. The molecular weight excluding hydrogens is 602 g/mol. The van der Waals surface area contributed by atoms with E-state index in [9.17, 15) is 19.2 Å². The number of fused-ring (bicyclic) bond motifs is 1. The number of amides is 4. The molecule has 10 nitrogen and oxygen atoms in total. The predicted molar refractivity (Wildman–Crippen MR) is 179 cm³/mol. The van der Waals surface area contributed by atoms with Crippen molar-refractivity contribution in [3.05, 3.63) is 95.0 Å². The number of Topliss-reactive ketones (excluding diaryl/α,β-unsaturated/α-hetero) is 1. The Balaban J connectivity index is 1.35. The van der Waals surface area contributed by atoms with E-state index >= 15 is 0 Å². The SMILES string of the molecule is CC(C)CC(NC(=O)N1CCOCC1)C(=O)N[C@@H](CCc1ccccc1)C(=O)c1nc2ccc(C(=O)Nc3ccccc3)cc2s1. The molecule has 1 fully saturated rings. The zero-order chi connectivity index (χ0) is 32.5. The number of anilines is 1. The number of benzene rings is 3. The number of carbonyl (C=O) groups is 4. The van der Waals surface area contributed by atoms with Gasteiger partial charge in [0.1, 0.15) is 6.04 Å². The Morgan fingerprint density at radius 3 is 2.28 bits per heavy atom. The number of aryl methyl sites for hydroxylation is 1. The van der Waals surface area contributed by atoms with Crippen LogP contribution in [0.5, 0.6) is 0 Å². The number of nitrogens with zero attached hydrogens (tertiary/aromatic N) is 2. The van der Waals surface area contributed by atoms with Gasteiger partial charge in [-0.2, -0.15) is 0 Å². The van der Waals surface area contributed by atoms with Crippen LogP contribution in [0.2, 0.25) is 0 Å². The summed E-state index contributed by atoms with van der Waals surface area (Å²) in [6, 6.07) is 22.0. The highest BCUT2D eigenvalue weighted by atomic mass is 32.1. The van der Waals surface area contributed by atoms with Crippen LogP contribution in [-0.2, 0) is 16.0 Å². The second-order valence-electron chi connectivity index (χ2n) is 11.7. The second-order valence-corrected chi connectivity index (χ2v) is 12.7. The molecule has 3 aromatic carbocycles. The molecule has 0 radical (unpaired) electrons. The van der Waals surface area contributed by atoms with Crippen LogP contribution < -0.4 is 16.0 Å². The Kier molecular flexibility index (Phi) is 11.1. The monoisotopic (exact) mass is 641 g/mol. The first-order chi connectivity index (χ1) is 22.3. The number of thiazole rings is 1. The fraction of sp³-hybridized carbons (Fsp3) is 0.343. The molecule has 46 heavy (non-hydrogen) atoms. The number of hydrogen-bond acceptors (Lipinski definition) is 7. The molecule has 0 saturated carbocycles. The summed E-state index contributed by atoms with van der Waals surface area (Å²) in [5, 5.41) is 8.96. The van der Waals surface area contributed by atoms with Gasteiger partial charge >= 0.3 is 6.03 Å². The van der Waals surface area contributed by atoms with E-state index in [-0.39, 0.29) is 28.6 Å². The molecule has 0 aliphatic carbocycles. The number of urea groups is 1. The van der Waals surface area contributed by atoms with Crippen molar-refractivity contribution in [1.82, 2.24) is 20.5 Å². The topological polar surface area (TPSA) is 130 Å². The summed E-state index contributed by atoms with van der Waals surface area (Å²) in [5.74, 6) is -0.874. The van der Waals surface area contributed by atoms with Crippen molar-refractivity contribution in [2.24, 2.45) is 5.92 Å². The summed E-state index contributed by atoms with van der Waals surface area (Å²) in [5.41, 5.74) is 2.75. The molecule has 1 unspecified atom stereocenters. The number of aromatic nitrogens is 1. The number of para-hydroxylation sites is 1. The summed E-state index contributed by atoms with van der Waals surface area (Å²) < 4.78 is 6.04. The lowest BCUT2D eigenvalue weighted by Crippen LogP contribution is -2.56.